The molecule has 0 aliphatic rings. The number of hydrogen-bond donors (Lipinski definition) is 1. The Bertz CT molecular complexity index is 717. The van der Waals surface area contributed by atoms with Gasteiger partial charge in [-0.1, -0.05) is 40.2 Å². The highest BCUT2D eigenvalue weighted by Crippen LogP contribution is 2.29. The number of hydrogen-bond acceptors (Lipinski definition) is 2. The topological polar surface area (TPSA) is 46.2 Å². The van der Waals surface area contributed by atoms with E-state index < -0.39 is 10.0 Å². The van der Waals surface area contributed by atoms with E-state index >= 15 is 0 Å². The quantitative estimate of drug-likeness (QED) is 0.798. The van der Waals surface area contributed by atoms with Gasteiger partial charge in [-0.05, 0) is 36.8 Å². The third-order valence-corrected chi connectivity index (χ3v) is 4.83. The Morgan fingerprint density at radius 2 is 1.85 bits per heavy atom. The number of sulfonamides is 1. The van der Waals surface area contributed by atoms with Gasteiger partial charge < -0.3 is 0 Å². The van der Waals surface area contributed by atoms with Crippen molar-refractivity contribution in [2.75, 3.05) is 4.72 Å². The molecule has 0 aliphatic heterocycles. The molecule has 2 rings (SSSR count). The number of para-hydroxylation sites is 1. The van der Waals surface area contributed by atoms with E-state index in [0.29, 0.717) is 10.2 Å². The molecule has 0 bridgehead atoms. The van der Waals surface area contributed by atoms with Crippen molar-refractivity contribution in [3.05, 3.63) is 58.6 Å². The highest BCUT2D eigenvalue weighted by molar-refractivity contribution is 9.10. The van der Waals surface area contributed by atoms with Gasteiger partial charge >= 0.3 is 0 Å². The van der Waals surface area contributed by atoms with Crippen molar-refractivity contribution in [2.24, 2.45) is 0 Å². The Labute approximate surface area is 132 Å². The SMILES string of the molecule is CC(Cl)c1ccccc1NS(=O)(=O)c1cccc(Br)c1. The molecule has 0 amide bonds. The zero-order valence-corrected chi connectivity index (χ0v) is 13.8. The summed E-state index contributed by atoms with van der Waals surface area (Å²) < 4.78 is 28.0. The largest absolute Gasteiger partial charge is 0.279 e. The number of rotatable bonds is 4. The van der Waals surface area contributed by atoms with E-state index in [-0.39, 0.29) is 10.3 Å². The van der Waals surface area contributed by atoms with Crippen LogP contribution in [0.5, 0.6) is 0 Å². The first-order chi connectivity index (χ1) is 9.40. The molecule has 0 radical (unpaired) electrons. The molecule has 20 heavy (non-hydrogen) atoms. The molecule has 1 atom stereocenters. The first kappa shape index (κ1) is 15.4. The average Bonchev–Trinajstić information content (AvgIpc) is 2.38. The van der Waals surface area contributed by atoms with Crippen LogP contribution in [0.3, 0.4) is 0 Å². The molecule has 2 aromatic carbocycles. The van der Waals surface area contributed by atoms with Crippen LogP contribution in [0.25, 0.3) is 0 Å². The summed E-state index contributed by atoms with van der Waals surface area (Å²) in [5.41, 5.74) is 1.24. The van der Waals surface area contributed by atoms with E-state index in [2.05, 4.69) is 20.7 Å². The van der Waals surface area contributed by atoms with E-state index in [4.69, 9.17) is 11.6 Å². The molecular formula is C14H13BrClNO2S. The molecule has 6 heteroatoms. The predicted octanol–water partition coefficient (Wildman–Crippen LogP) is 4.55. The molecule has 0 spiro atoms. The van der Waals surface area contributed by atoms with Gasteiger partial charge in [0.2, 0.25) is 0 Å². The maximum Gasteiger partial charge on any atom is 0.261 e. The van der Waals surface area contributed by atoms with Crippen LogP contribution in [0.1, 0.15) is 17.9 Å². The van der Waals surface area contributed by atoms with Crippen molar-refractivity contribution in [2.45, 2.75) is 17.2 Å². The van der Waals surface area contributed by atoms with Gasteiger partial charge in [0.1, 0.15) is 0 Å². The molecule has 106 valence electrons. The maximum atomic E-state index is 12.4. The fraction of sp³-hybridized carbons (Fsp3) is 0.143. The molecule has 1 N–H and O–H groups in total. The highest BCUT2D eigenvalue weighted by atomic mass is 79.9. The molecule has 0 fully saturated rings. The minimum Gasteiger partial charge on any atom is -0.279 e. The zero-order valence-electron chi connectivity index (χ0n) is 10.7. The molecule has 2 aromatic rings. The fourth-order valence-electron chi connectivity index (χ4n) is 1.77. The summed E-state index contributed by atoms with van der Waals surface area (Å²) in [6, 6.07) is 13.6. The lowest BCUT2D eigenvalue weighted by molar-refractivity contribution is 0.601. The summed E-state index contributed by atoms with van der Waals surface area (Å²) in [6.07, 6.45) is 0. The maximum absolute atomic E-state index is 12.4. The second-order valence-corrected chi connectivity index (χ2v) is 7.52. The Balaban J connectivity index is 2.39. The summed E-state index contributed by atoms with van der Waals surface area (Å²) >= 11 is 9.33. The van der Waals surface area contributed by atoms with Crippen molar-refractivity contribution < 1.29 is 8.42 Å². The molecule has 0 saturated heterocycles. The van der Waals surface area contributed by atoms with Crippen LogP contribution in [0.4, 0.5) is 5.69 Å². The van der Waals surface area contributed by atoms with E-state index in [1.54, 1.807) is 49.4 Å². The molecule has 1 unspecified atom stereocenters. The van der Waals surface area contributed by atoms with Gasteiger partial charge in [-0.2, -0.15) is 0 Å². The van der Waals surface area contributed by atoms with E-state index in [9.17, 15) is 8.42 Å². The van der Waals surface area contributed by atoms with Crippen LogP contribution in [0, 0.1) is 0 Å². The lowest BCUT2D eigenvalue weighted by Gasteiger charge is -2.14. The molecule has 0 aliphatic carbocycles. The molecule has 0 heterocycles. The molecule has 0 aromatic heterocycles. The van der Waals surface area contributed by atoms with Crippen molar-refractivity contribution in [1.29, 1.82) is 0 Å². The minimum absolute atomic E-state index is 0.198. The van der Waals surface area contributed by atoms with Gasteiger partial charge in [0, 0.05) is 4.47 Å². The highest BCUT2D eigenvalue weighted by Gasteiger charge is 2.17. The number of alkyl halides is 1. The lowest BCUT2D eigenvalue weighted by Crippen LogP contribution is -2.14. The summed E-state index contributed by atoms with van der Waals surface area (Å²) in [6.45, 7) is 1.80. The molecule has 0 saturated carbocycles. The second kappa shape index (κ2) is 6.16. The van der Waals surface area contributed by atoms with Gasteiger partial charge in [0.05, 0.1) is 16.0 Å². The van der Waals surface area contributed by atoms with E-state index in [1.165, 1.54) is 0 Å². The average molecular weight is 375 g/mol. The number of nitrogens with one attached hydrogen (secondary N) is 1. The number of benzene rings is 2. The standard InChI is InChI=1S/C14H13BrClNO2S/c1-10(16)13-7-2-3-8-14(13)17-20(18,19)12-6-4-5-11(15)9-12/h2-10,17H,1H3. The predicted molar refractivity (Wildman–Crippen MR) is 85.7 cm³/mol. The van der Waals surface area contributed by atoms with E-state index in [1.807, 2.05) is 6.07 Å². The van der Waals surface area contributed by atoms with Crippen LogP contribution in [-0.2, 0) is 10.0 Å². The normalized spacial score (nSPS) is 12.9. The zero-order chi connectivity index (χ0) is 14.8. The Kier molecular flexibility index (Phi) is 4.73. The van der Waals surface area contributed by atoms with Gasteiger partial charge in [0.25, 0.3) is 10.0 Å². The monoisotopic (exact) mass is 373 g/mol. The van der Waals surface area contributed by atoms with E-state index in [0.717, 1.165) is 5.56 Å². The second-order valence-electron chi connectivity index (χ2n) is 4.27. The van der Waals surface area contributed by atoms with Crippen LogP contribution in [0.15, 0.2) is 57.9 Å². The molecule has 3 nitrogen and oxygen atoms in total. The van der Waals surface area contributed by atoms with Crippen LogP contribution in [-0.4, -0.2) is 8.42 Å². The number of halogens is 2. The fourth-order valence-corrected chi connectivity index (χ4v) is 3.65. The van der Waals surface area contributed by atoms with Crippen LogP contribution < -0.4 is 4.72 Å². The van der Waals surface area contributed by atoms with Gasteiger partial charge in [-0.3, -0.25) is 4.72 Å². The summed E-state index contributed by atoms with van der Waals surface area (Å²) in [7, 11) is -3.63. The minimum atomic E-state index is -3.63. The first-order valence-electron chi connectivity index (χ1n) is 5.91. The van der Waals surface area contributed by atoms with Crippen LogP contribution in [0.2, 0.25) is 0 Å². The Morgan fingerprint density at radius 3 is 2.50 bits per heavy atom. The Hall–Kier alpha value is -1.04. The summed E-state index contributed by atoms with van der Waals surface area (Å²) in [4.78, 5) is 0.198. The van der Waals surface area contributed by atoms with Gasteiger partial charge in [-0.25, -0.2) is 8.42 Å². The lowest BCUT2D eigenvalue weighted by atomic mass is 10.1. The molecular weight excluding hydrogens is 362 g/mol. The van der Waals surface area contributed by atoms with Crippen molar-refractivity contribution in [3.8, 4) is 0 Å². The van der Waals surface area contributed by atoms with Gasteiger partial charge in [-0.15, -0.1) is 11.6 Å². The third-order valence-electron chi connectivity index (χ3n) is 2.74. The van der Waals surface area contributed by atoms with Crippen molar-refractivity contribution >= 4 is 43.2 Å². The first-order valence-corrected chi connectivity index (χ1v) is 8.63. The third kappa shape index (κ3) is 3.53. The Morgan fingerprint density at radius 1 is 1.15 bits per heavy atom. The smallest absolute Gasteiger partial charge is 0.261 e. The summed E-state index contributed by atoms with van der Waals surface area (Å²) in [5.74, 6) is 0. The van der Waals surface area contributed by atoms with Crippen molar-refractivity contribution in [1.82, 2.24) is 0 Å². The summed E-state index contributed by atoms with van der Waals surface area (Å²) in [5, 5.41) is -0.281. The number of anilines is 1. The van der Waals surface area contributed by atoms with Crippen LogP contribution >= 0.6 is 27.5 Å². The van der Waals surface area contributed by atoms with Gasteiger partial charge in [0.15, 0.2) is 0 Å². The van der Waals surface area contributed by atoms with Crippen molar-refractivity contribution in [3.63, 3.8) is 0 Å².